The third-order valence-corrected chi connectivity index (χ3v) is 3.06. The first-order valence-corrected chi connectivity index (χ1v) is 4.68. The Kier molecular flexibility index (Phi) is 1.83. The van der Waals surface area contributed by atoms with Gasteiger partial charge in [-0.15, -0.1) is 0 Å². The average molecular weight is 168 g/mol. The van der Waals surface area contributed by atoms with Crippen molar-refractivity contribution in [3.63, 3.8) is 0 Å². The molecule has 2 heterocycles. The largest absolute Gasteiger partial charge is 0.342 e. The summed E-state index contributed by atoms with van der Waals surface area (Å²) in [5.74, 6) is 0.228. The van der Waals surface area contributed by atoms with Crippen LogP contribution in [0.25, 0.3) is 0 Å². The van der Waals surface area contributed by atoms with E-state index in [1.54, 1.807) is 6.92 Å². The predicted molar refractivity (Wildman–Crippen MR) is 46.8 cm³/mol. The van der Waals surface area contributed by atoms with E-state index in [0.717, 1.165) is 26.2 Å². The van der Waals surface area contributed by atoms with Crippen LogP contribution in [0.4, 0.5) is 0 Å². The normalized spacial score (nSPS) is 26.9. The summed E-state index contributed by atoms with van der Waals surface area (Å²) in [6, 6.07) is 0. The van der Waals surface area contributed by atoms with Gasteiger partial charge in [0.2, 0.25) is 5.91 Å². The van der Waals surface area contributed by atoms with Gasteiger partial charge in [0, 0.05) is 32.0 Å². The van der Waals surface area contributed by atoms with Crippen molar-refractivity contribution in [3.05, 3.63) is 0 Å². The number of carbonyl (C=O) groups excluding carboxylic acids is 1. The van der Waals surface area contributed by atoms with Crippen molar-refractivity contribution >= 4 is 5.91 Å². The minimum Gasteiger partial charge on any atom is -0.342 e. The number of carbonyl (C=O) groups is 1. The highest BCUT2D eigenvalue weighted by molar-refractivity contribution is 5.74. The van der Waals surface area contributed by atoms with Gasteiger partial charge in [-0.05, 0) is 19.4 Å². The number of hydrogen-bond acceptors (Lipinski definition) is 2. The molecular formula is C9H16N2O. The van der Waals surface area contributed by atoms with Crippen molar-refractivity contribution in [3.8, 4) is 0 Å². The molecular weight excluding hydrogens is 152 g/mol. The molecule has 68 valence electrons. The lowest BCUT2D eigenvalue weighted by molar-refractivity contribution is -0.142. The van der Waals surface area contributed by atoms with E-state index in [-0.39, 0.29) is 5.91 Å². The summed E-state index contributed by atoms with van der Waals surface area (Å²) < 4.78 is 0. The maximum Gasteiger partial charge on any atom is 0.219 e. The Morgan fingerprint density at radius 1 is 1.50 bits per heavy atom. The summed E-state index contributed by atoms with van der Waals surface area (Å²) >= 11 is 0. The Morgan fingerprint density at radius 2 is 2.25 bits per heavy atom. The quantitative estimate of drug-likeness (QED) is 0.561. The van der Waals surface area contributed by atoms with Crippen LogP contribution in [-0.4, -0.2) is 37.0 Å². The number of nitrogens with zero attached hydrogens (tertiary/aromatic N) is 1. The molecule has 0 aromatic rings. The van der Waals surface area contributed by atoms with Crippen molar-refractivity contribution in [2.75, 3.05) is 26.2 Å². The summed E-state index contributed by atoms with van der Waals surface area (Å²) in [4.78, 5) is 12.9. The van der Waals surface area contributed by atoms with Gasteiger partial charge in [-0.3, -0.25) is 4.79 Å². The topological polar surface area (TPSA) is 32.3 Å². The zero-order chi connectivity index (χ0) is 8.60. The minimum atomic E-state index is 0.228. The predicted octanol–water partition coefficient (Wildman–Crippen LogP) is 0.218. The molecule has 2 saturated heterocycles. The molecule has 2 rings (SSSR count). The lowest BCUT2D eigenvalue weighted by atomic mass is 9.74. The summed E-state index contributed by atoms with van der Waals surface area (Å²) in [5, 5.41) is 3.40. The lowest BCUT2D eigenvalue weighted by Crippen LogP contribution is -2.63. The van der Waals surface area contributed by atoms with Crippen molar-refractivity contribution in [2.45, 2.75) is 19.8 Å². The van der Waals surface area contributed by atoms with Gasteiger partial charge in [0.15, 0.2) is 0 Å². The van der Waals surface area contributed by atoms with E-state index in [2.05, 4.69) is 5.32 Å². The molecule has 2 aliphatic heterocycles. The van der Waals surface area contributed by atoms with Crippen LogP contribution in [0.2, 0.25) is 0 Å². The van der Waals surface area contributed by atoms with Gasteiger partial charge in [-0.2, -0.15) is 0 Å². The number of likely N-dealkylation sites (tertiary alicyclic amines) is 1. The highest BCUT2D eigenvalue weighted by atomic mass is 16.2. The molecule has 3 heteroatoms. The van der Waals surface area contributed by atoms with Gasteiger partial charge in [0.1, 0.15) is 0 Å². The second kappa shape index (κ2) is 2.73. The fourth-order valence-corrected chi connectivity index (χ4v) is 2.29. The van der Waals surface area contributed by atoms with Gasteiger partial charge in [0.05, 0.1) is 0 Å². The smallest absolute Gasteiger partial charge is 0.219 e. The van der Waals surface area contributed by atoms with Crippen molar-refractivity contribution in [1.29, 1.82) is 0 Å². The molecule has 12 heavy (non-hydrogen) atoms. The lowest BCUT2D eigenvalue weighted by Gasteiger charge is -2.52. The molecule has 0 bridgehead atoms. The molecule has 0 aliphatic carbocycles. The highest BCUT2D eigenvalue weighted by Gasteiger charge is 2.44. The van der Waals surface area contributed by atoms with Crippen LogP contribution in [0.15, 0.2) is 0 Å². The highest BCUT2D eigenvalue weighted by Crippen LogP contribution is 2.36. The molecule has 1 spiro atoms. The first-order valence-electron chi connectivity index (χ1n) is 4.68. The van der Waals surface area contributed by atoms with E-state index >= 15 is 0 Å². The van der Waals surface area contributed by atoms with Crippen molar-refractivity contribution in [2.24, 2.45) is 5.41 Å². The van der Waals surface area contributed by atoms with Gasteiger partial charge < -0.3 is 10.2 Å². The van der Waals surface area contributed by atoms with Crippen LogP contribution >= 0.6 is 0 Å². The molecule has 0 atom stereocenters. The van der Waals surface area contributed by atoms with Gasteiger partial charge in [-0.25, -0.2) is 0 Å². The van der Waals surface area contributed by atoms with Gasteiger partial charge in [-0.1, -0.05) is 0 Å². The maximum atomic E-state index is 11.0. The molecule has 1 N–H and O–H groups in total. The zero-order valence-corrected chi connectivity index (χ0v) is 7.60. The van der Waals surface area contributed by atoms with E-state index < -0.39 is 0 Å². The molecule has 0 saturated carbocycles. The Hall–Kier alpha value is -0.570. The van der Waals surface area contributed by atoms with Crippen molar-refractivity contribution in [1.82, 2.24) is 10.2 Å². The van der Waals surface area contributed by atoms with E-state index in [1.807, 2.05) is 4.90 Å². The average Bonchev–Trinajstić information content (AvgIpc) is 2.01. The van der Waals surface area contributed by atoms with Crippen molar-refractivity contribution < 1.29 is 4.79 Å². The first kappa shape index (κ1) is 8.05. The van der Waals surface area contributed by atoms with E-state index in [1.165, 1.54) is 12.8 Å². The molecule has 0 aromatic carbocycles. The second-order valence-electron chi connectivity index (χ2n) is 4.16. The Balaban J connectivity index is 1.88. The second-order valence-corrected chi connectivity index (χ2v) is 4.16. The standard InChI is InChI=1S/C9H16N2O/c1-8(12)11-6-9(7-11)3-2-4-10-5-9/h10H,2-7H2,1H3. The number of piperidine rings is 1. The maximum absolute atomic E-state index is 11.0. The minimum absolute atomic E-state index is 0.228. The summed E-state index contributed by atoms with van der Waals surface area (Å²) in [7, 11) is 0. The number of nitrogens with one attached hydrogen (secondary N) is 1. The SMILES string of the molecule is CC(=O)N1CC2(CCCNC2)C1. The van der Waals surface area contributed by atoms with E-state index in [9.17, 15) is 4.79 Å². The van der Waals surface area contributed by atoms with Gasteiger partial charge >= 0.3 is 0 Å². The van der Waals surface area contributed by atoms with Gasteiger partial charge in [0.25, 0.3) is 0 Å². The summed E-state index contributed by atoms with van der Waals surface area (Å²) in [5.41, 5.74) is 0.448. The van der Waals surface area contributed by atoms with Crippen LogP contribution in [0.3, 0.4) is 0 Å². The monoisotopic (exact) mass is 168 g/mol. The number of rotatable bonds is 0. The molecule has 0 radical (unpaired) electrons. The van der Waals surface area contributed by atoms with Crippen LogP contribution in [0.1, 0.15) is 19.8 Å². The van der Waals surface area contributed by atoms with Crippen LogP contribution in [0, 0.1) is 5.41 Å². The fraction of sp³-hybridized carbons (Fsp3) is 0.889. The number of amides is 1. The van der Waals surface area contributed by atoms with E-state index in [4.69, 9.17) is 0 Å². The molecule has 2 fully saturated rings. The van der Waals surface area contributed by atoms with Crippen LogP contribution in [0.5, 0.6) is 0 Å². The van der Waals surface area contributed by atoms with E-state index in [0.29, 0.717) is 5.41 Å². The summed E-state index contributed by atoms with van der Waals surface area (Å²) in [6.45, 7) is 5.88. The number of hydrogen-bond donors (Lipinski definition) is 1. The Bertz CT molecular complexity index is 189. The molecule has 0 aromatic heterocycles. The third kappa shape index (κ3) is 1.22. The molecule has 0 unspecified atom stereocenters. The molecule has 1 amide bonds. The summed E-state index contributed by atoms with van der Waals surface area (Å²) in [6.07, 6.45) is 2.57. The fourth-order valence-electron chi connectivity index (χ4n) is 2.29. The Labute approximate surface area is 73.1 Å². The Morgan fingerprint density at radius 3 is 2.75 bits per heavy atom. The molecule has 2 aliphatic rings. The first-order chi connectivity index (χ1) is 5.72. The van der Waals surface area contributed by atoms with Crippen LogP contribution < -0.4 is 5.32 Å². The third-order valence-electron chi connectivity index (χ3n) is 3.06. The molecule has 3 nitrogen and oxygen atoms in total. The zero-order valence-electron chi connectivity index (χ0n) is 7.60. The van der Waals surface area contributed by atoms with Crippen LogP contribution in [-0.2, 0) is 4.79 Å².